The second kappa shape index (κ2) is 10.2. The summed E-state index contributed by atoms with van der Waals surface area (Å²) in [5.74, 6) is 0.943. The van der Waals surface area contributed by atoms with E-state index in [4.69, 9.17) is 16.1 Å². The van der Waals surface area contributed by atoms with Crippen LogP contribution in [0.2, 0.25) is 5.02 Å². The van der Waals surface area contributed by atoms with Gasteiger partial charge >= 0.3 is 0 Å². The van der Waals surface area contributed by atoms with E-state index in [9.17, 15) is 4.79 Å². The van der Waals surface area contributed by atoms with Gasteiger partial charge in [-0.25, -0.2) is 0 Å². The standard InChI is InChI=1S/C15H19ClN4O2.ClH/c1-17-9-2-10-18-13(21)7-8-14-19-15(20-22-14)11-3-5-12(16)6-4-11;/h3-6,17H,2,7-10H2,1H3,(H,18,21);1H. The van der Waals surface area contributed by atoms with Crippen LogP contribution in [0.3, 0.4) is 0 Å². The Bertz CT molecular complexity index is 602. The van der Waals surface area contributed by atoms with Crippen molar-refractivity contribution in [3.05, 3.63) is 35.2 Å². The number of hydrogen-bond donors (Lipinski definition) is 2. The third-order valence-electron chi connectivity index (χ3n) is 3.06. The van der Waals surface area contributed by atoms with Gasteiger partial charge in [0.2, 0.25) is 17.6 Å². The van der Waals surface area contributed by atoms with Crippen molar-refractivity contribution in [3.63, 3.8) is 0 Å². The minimum absolute atomic E-state index is 0. The topological polar surface area (TPSA) is 80.0 Å². The number of nitrogens with one attached hydrogen (secondary N) is 2. The van der Waals surface area contributed by atoms with Gasteiger partial charge in [0.05, 0.1) is 0 Å². The number of carbonyl (C=O) groups excluding carboxylic acids is 1. The number of aryl methyl sites for hydroxylation is 1. The summed E-state index contributed by atoms with van der Waals surface area (Å²) in [7, 11) is 1.88. The lowest BCUT2D eigenvalue weighted by Gasteiger charge is -2.03. The van der Waals surface area contributed by atoms with E-state index in [1.54, 1.807) is 12.1 Å². The molecule has 126 valence electrons. The van der Waals surface area contributed by atoms with Crippen LogP contribution in [-0.4, -0.2) is 36.2 Å². The van der Waals surface area contributed by atoms with E-state index < -0.39 is 0 Å². The highest BCUT2D eigenvalue weighted by molar-refractivity contribution is 6.30. The van der Waals surface area contributed by atoms with Gasteiger partial charge in [-0.05, 0) is 44.3 Å². The van der Waals surface area contributed by atoms with Crippen molar-refractivity contribution in [2.45, 2.75) is 19.3 Å². The maximum atomic E-state index is 11.7. The van der Waals surface area contributed by atoms with Crippen molar-refractivity contribution in [2.24, 2.45) is 0 Å². The Morgan fingerprint density at radius 1 is 1.26 bits per heavy atom. The number of rotatable bonds is 8. The van der Waals surface area contributed by atoms with Crippen LogP contribution >= 0.6 is 24.0 Å². The Labute approximate surface area is 146 Å². The molecule has 0 saturated heterocycles. The predicted molar refractivity (Wildman–Crippen MR) is 91.9 cm³/mol. The fourth-order valence-corrected chi connectivity index (χ4v) is 2.00. The van der Waals surface area contributed by atoms with Crippen molar-refractivity contribution in [1.82, 2.24) is 20.8 Å². The molecule has 1 aromatic heterocycles. The van der Waals surface area contributed by atoms with Gasteiger partial charge in [0.25, 0.3) is 0 Å². The first-order valence-electron chi connectivity index (χ1n) is 7.19. The van der Waals surface area contributed by atoms with Gasteiger partial charge in [0.1, 0.15) is 0 Å². The molecule has 23 heavy (non-hydrogen) atoms. The molecule has 0 atom stereocenters. The molecular formula is C15H20Cl2N4O2. The smallest absolute Gasteiger partial charge is 0.227 e. The van der Waals surface area contributed by atoms with E-state index in [1.165, 1.54) is 0 Å². The van der Waals surface area contributed by atoms with Crippen molar-refractivity contribution >= 4 is 29.9 Å². The van der Waals surface area contributed by atoms with Crippen LogP contribution in [0.25, 0.3) is 11.4 Å². The zero-order chi connectivity index (χ0) is 15.8. The summed E-state index contributed by atoms with van der Waals surface area (Å²) in [4.78, 5) is 15.9. The maximum absolute atomic E-state index is 11.7. The van der Waals surface area contributed by atoms with E-state index >= 15 is 0 Å². The normalized spacial score (nSPS) is 10.2. The highest BCUT2D eigenvalue weighted by atomic mass is 35.5. The monoisotopic (exact) mass is 358 g/mol. The zero-order valence-corrected chi connectivity index (χ0v) is 14.4. The van der Waals surface area contributed by atoms with Gasteiger partial charge in [-0.1, -0.05) is 16.8 Å². The molecule has 0 spiro atoms. The molecule has 8 heteroatoms. The van der Waals surface area contributed by atoms with E-state index in [-0.39, 0.29) is 18.3 Å². The molecule has 0 aliphatic carbocycles. The molecule has 1 amide bonds. The number of hydrogen-bond acceptors (Lipinski definition) is 5. The predicted octanol–water partition coefficient (Wildman–Crippen LogP) is 2.47. The van der Waals surface area contributed by atoms with Crippen LogP contribution in [0, 0.1) is 0 Å². The number of aromatic nitrogens is 2. The first kappa shape index (κ1) is 19.4. The molecule has 0 fully saturated rings. The minimum Gasteiger partial charge on any atom is -0.356 e. The second-order valence-electron chi connectivity index (χ2n) is 4.83. The van der Waals surface area contributed by atoms with E-state index in [2.05, 4.69) is 20.8 Å². The van der Waals surface area contributed by atoms with Crippen LogP contribution < -0.4 is 10.6 Å². The first-order chi connectivity index (χ1) is 10.7. The largest absolute Gasteiger partial charge is 0.356 e. The minimum atomic E-state index is -0.0117. The van der Waals surface area contributed by atoms with Gasteiger partial charge in [0, 0.05) is 30.0 Å². The summed E-state index contributed by atoms with van der Waals surface area (Å²) in [6, 6.07) is 7.19. The van der Waals surface area contributed by atoms with Gasteiger partial charge in [0.15, 0.2) is 0 Å². The number of halogens is 2. The van der Waals surface area contributed by atoms with E-state index in [0.717, 1.165) is 18.5 Å². The molecule has 1 aromatic carbocycles. The van der Waals surface area contributed by atoms with Gasteiger partial charge in [-0.3, -0.25) is 4.79 Å². The molecule has 2 N–H and O–H groups in total. The molecule has 0 bridgehead atoms. The summed E-state index contributed by atoms with van der Waals surface area (Å²) in [6.45, 7) is 1.55. The lowest BCUT2D eigenvalue weighted by Crippen LogP contribution is -2.26. The fraction of sp³-hybridized carbons (Fsp3) is 0.400. The van der Waals surface area contributed by atoms with Gasteiger partial charge in [-0.15, -0.1) is 12.4 Å². The van der Waals surface area contributed by atoms with E-state index in [1.807, 2.05) is 19.2 Å². The van der Waals surface area contributed by atoms with Crippen LogP contribution in [0.5, 0.6) is 0 Å². The highest BCUT2D eigenvalue weighted by Gasteiger charge is 2.10. The SMILES string of the molecule is CNCCCNC(=O)CCc1nc(-c2ccc(Cl)cc2)no1.Cl. The Kier molecular flexibility index (Phi) is 8.61. The molecule has 0 aliphatic heterocycles. The molecular weight excluding hydrogens is 339 g/mol. The second-order valence-corrected chi connectivity index (χ2v) is 5.26. The van der Waals surface area contributed by atoms with Crippen LogP contribution in [0.4, 0.5) is 0 Å². The Morgan fingerprint density at radius 3 is 2.70 bits per heavy atom. The first-order valence-corrected chi connectivity index (χ1v) is 7.56. The summed E-state index contributed by atoms with van der Waals surface area (Å²) >= 11 is 5.84. The molecule has 2 aromatic rings. The summed E-state index contributed by atoms with van der Waals surface area (Å²) in [5, 5.41) is 10.4. The highest BCUT2D eigenvalue weighted by Crippen LogP contribution is 2.18. The Balaban J connectivity index is 0.00000264. The van der Waals surface area contributed by atoms with Crippen LogP contribution in [0.15, 0.2) is 28.8 Å². The lowest BCUT2D eigenvalue weighted by atomic mass is 10.2. The molecule has 0 saturated carbocycles. The van der Waals surface area contributed by atoms with Gasteiger partial charge in [-0.2, -0.15) is 4.98 Å². The molecule has 0 radical (unpaired) electrons. The number of amides is 1. The van der Waals surface area contributed by atoms with Gasteiger partial charge < -0.3 is 15.2 Å². The van der Waals surface area contributed by atoms with Crippen molar-refractivity contribution in [1.29, 1.82) is 0 Å². The van der Waals surface area contributed by atoms with E-state index in [0.29, 0.717) is 36.1 Å². The van der Waals surface area contributed by atoms with Crippen molar-refractivity contribution in [3.8, 4) is 11.4 Å². The van der Waals surface area contributed by atoms with Crippen LogP contribution in [-0.2, 0) is 11.2 Å². The molecule has 0 aliphatic rings. The quantitative estimate of drug-likeness (QED) is 0.708. The molecule has 0 unspecified atom stereocenters. The summed E-state index contributed by atoms with van der Waals surface area (Å²) < 4.78 is 5.16. The average Bonchev–Trinajstić information content (AvgIpc) is 2.99. The maximum Gasteiger partial charge on any atom is 0.227 e. The molecule has 6 nitrogen and oxygen atoms in total. The number of carbonyl (C=O) groups is 1. The van der Waals surface area contributed by atoms with Crippen molar-refractivity contribution < 1.29 is 9.32 Å². The number of nitrogens with zero attached hydrogens (tertiary/aromatic N) is 2. The summed E-state index contributed by atoms with van der Waals surface area (Å²) in [6.07, 6.45) is 1.67. The lowest BCUT2D eigenvalue weighted by molar-refractivity contribution is -0.121. The number of benzene rings is 1. The third-order valence-corrected chi connectivity index (χ3v) is 3.31. The molecule has 1 heterocycles. The average molecular weight is 359 g/mol. The Hall–Kier alpha value is -1.63. The Morgan fingerprint density at radius 2 is 2.00 bits per heavy atom. The fourth-order valence-electron chi connectivity index (χ4n) is 1.87. The molecule has 2 rings (SSSR count). The van der Waals surface area contributed by atoms with Crippen molar-refractivity contribution in [2.75, 3.05) is 20.1 Å². The summed E-state index contributed by atoms with van der Waals surface area (Å²) in [5.41, 5.74) is 0.830. The zero-order valence-electron chi connectivity index (χ0n) is 12.8. The van der Waals surface area contributed by atoms with Crippen LogP contribution in [0.1, 0.15) is 18.7 Å². The third kappa shape index (κ3) is 6.56.